The highest BCUT2D eigenvalue weighted by Crippen LogP contribution is 2.17. The number of ether oxygens (including phenoxy) is 1. The molecule has 0 saturated heterocycles. The van der Waals surface area contributed by atoms with Crippen molar-refractivity contribution in [1.29, 1.82) is 0 Å². The van der Waals surface area contributed by atoms with E-state index in [9.17, 15) is 4.79 Å². The molecule has 0 radical (unpaired) electrons. The van der Waals surface area contributed by atoms with Gasteiger partial charge in [-0.05, 0) is 6.92 Å². The van der Waals surface area contributed by atoms with Gasteiger partial charge in [0, 0.05) is 45.3 Å². The van der Waals surface area contributed by atoms with Crippen LogP contribution < -0.4 is 16.0 Å². The van der Waals surface area contributed by atoms with Crippen molar-refractivity contribution in [2.45, 2.75) is 13.5 Å². The topological polar surface area (TPSA) is 80.2 Å². The van der Waals surface area contributed by atoms with Gasteiger partial charge in [-0.15, -0.1) is 0 Å². The molecule has 0 aliphatic carbocycles. The molecule has 0 saturated carbocycles. The van der Waals surface area contributed by atoms with Gasteiger partial charge in [-0.1, -0.05) is 0 Å². The van der Waals surface area contributed by atoms with Crippen LogP contribution in [0.25, 0.3) is 0 Å². The van der Waals surface area contributed by atoms with Crippen LogP contribution in [0.3, 0.4) is 0 Å². The first-order valence-electron chi connectivity index (χ1n) is 6.93. The lowest BCUT2D eigenvalue weighted by Gasteiger charge is -2.25. The highest BCUT2D eigenvalue weighted by atomic mass is 16.5. The molecule has 7 nitrogen and oxygen atoms in total. The quantitative estimate of drug-likeness (QED) is 0.592. The number of nitrogens with one attached hydrogen (secondary N) is 3. The van der Waals surface area contributed by atoms with Crippen LogP contribution in [0.2, 0.25) is 0 Å². The number of aromatic nitrogens is 2. The predicted molar refractivity (Wildman–Crippen MR) is 76.7 cm³/mol. The zero-order chi connectivity index (χ0) is 14.4. The maximum absolute atomic E-state index is 11.5. The molecule has 112 valence electrons. The van der Waals surface area contributed by atoms with Crippen molar-refractivity contribution < 1.29 is 9.53 Å². The van der Waals surface area contributed by atoms with E-state index < -0.39 is 0 Å². The number of rotatable bonds is 7. The minimum atomic E-state index is 0.00133. The Labute approximate surface area is 119 Å². The Hall–Kier alpha value is -1.60. The summed E-state index contributed by atoms with van der Waals surface area (Å²) in [5, 5.41) is 13.8. The largest absolute Gasteiger partial charge is 0.383 e. The van der Waals surface area contributed by atoms with Crippen LogP contribution in [0.4, 0.5) is 5.82 Å². The van der Waals surface area contributed by atoms with E-state index in [2.05, 4.69) is 21.0 Å². The Morgan fingerprint density at radius 2 is 2.50 bits per heavy atom. The first-order valence-corrected chi connectivity index (χ1v) is 6.93. The van der Waals surface area contributed by atoms with Crippen molar-refractivity contribution >= 4 is 11.7 Å². The Morgan fingerprint density at radius 3 is 3.30 bits per heavy atom. The monoisotopic (exact) mass is 281 g/mol. The standard InChI is InChI=1S/C13H23N5O2/c1-10-5-12-16-7-11(9-18(12)17-10)6-14-8-13(19)15-3-4-20-2/h5,11,14,16H,3-4,6-9H2,1-2H3,(H,15,19)/t11-/m1/s1. The summed E-state index contributed by atoms with van der Waals surface area (Å²) in [6.07, 6.45) is 0. The molecule has 0 bridgehead atoms. The van der Waals surface area contributed by atoms with Crippen LogP contribution >= 0.6 is 0 Å². The van der Waals surface area contributed by atoms with E-state index >= 15 is 0 Å². The SMILES string of the molecule is COCCNC(=O)CNC[C@@H]1CNc2cc(C)nn2C1. The molecule has 1 amide bonds. The van der Waals surface area contributed by atoms with Crippen molar-refractivity contribution in [2.75, 3.05) is 45.2 Å². The molecule has 0 unspecified atom stereocenters. The molecule has 1 aliphatic rings. The summed E-state index contributed by atoms with van der Waals surface area (Å²) in [5.41, 5.74) is 1.03. The number of aryl methyl sites for hydroxylation is 1. The highest BCUT2D eigenvalue weighted by Gasteiger charge is 2.18. The van der Waals surface area contributed by atoms with E-state index in [4.69, 9.17) is 4.74 Å². The van der Waals surface area contributed by atoms with Crippen molar-refractivity contribution in [3.63, 3.8) is 0 Å². The molecule has 2 rings (SSSR count). The van der Waals surface area contributed by atoms with Gasteiger partial charge in [0.05, 0.1) is 18.8 Å². The Bertz CT molecular complexity index is 446. The average Bonchev–Trinajstić information content (AvgIpc) is 2.78. The van der Waals surface area contributed by atoms with Gasteiger partial charge in [0.1, 0.15) is 5.82 Å². The molecule has 0 fully saturated rings. The number of fused-ring (bicyclic) bond motifs is 1. The number of carbonyl (C=O) groups excluding carboxylic acids is 1. The third-order valence-electron chi connectivity index (χ3n) is 3.25. The zero-order valence-electron chi connectivity index (χ0n) is 12.1. The summed E-state index contributed by atoms with van der Waals surface area (Å²) >= 11 is 0. The number of hydrogen-bond donors (Lipinski definition) is 3. The molecule has 0 spiro atoms. The maximum Gasteiger partial charge on any atom is 0.234 e. The summed E-state index contributed by atoms with van der Waals surface area (Å²) in [6.45, 7) is 6.01. The minimum absolute atomic E-state index is 0.00133. The summed E-state index contributed by atoms with van der Waals surface area (Å²) < 4.78 is 6.86. The summed E-state index contributed by atoms with van der Waals surface area (Å²) in [6, 6.07) is 2.05. The lowest BCUT2D eigenvalue weighted by Crippen LogP contribution is -2.40. The molecule has 1 aromatic heterocycles. The lowest BCUT2D eigenvalue weighted by atomic mass is 10.1. The van der Waals surface area contributed by atoms with E-state index in [-0.39, 0.29) is 5.91 Å². The molecule has 1 aromatic rings. The normalized spacial score (nSPS) is 17.4. The summed E-state index contributed by atoms with van der Waals surface area (Å²) in [5.74, 6) is 1.52. The fourth-order valence-electron chi connectivity index (χ4n) is 2.27. The molecule has 1 atom stereocenters. The third-order valence-corrected chi connectivity index (χ3v) is 3.25. The fourth-order valence-corrected chi connectivity index (χ4v) is 2.27. The van der Waals surface area contributed by atoms with E-state index in [0.717, 1.165) is 31.1 Å². The second kappa shape index (κ2) is 7.25. The lowest BCUT2D eigenvalue weighted by molar-refractivity contribution is -0.120. The number of hydrogen-bond acceptors (Lipinski definition) is 5. The van der Waals surface area contributed by atoms with Crippen molar-refractivity contribution in [2.24, 2.45) is 5.92 Å². The molecule has 0 aromatic carbocycles. The predicted octanol–water partition coefficient (Wildman–Crippen LogP) is -0.415. The molecule has 20 heavy (non-hydrogen) atoms. The molecule has 2 heterocycles. The number of carbonyl (C=O) groups is 1. The zero-order valence-corrected chi connectivity index (χ0v) is 12.1. The first kappa shape index (κ1) is 14.8. The molecular formula is C13H23N5O2. The third kappa shape index (κ3) is 4.21. The van der Waals surface area contributed by atoms with E-state index in [1.165, 1.54) is 0 Å². The summed E-state index contributed by atoms with van der Waals surface area (Å²) in [7, 11) is 1.62. The average molecular weight is 281 g/mol. The van der Waals surface area contributed by atoms with Gasteiger partial charge in [-0.3, -0.25) is 4.79 Å². The van der Waals surface area contributed by atoms with Gasteiger partial charge < -0.3 is 20.7 Å². The van der Waals surface area contributed by atoms with Gasteiger partial charge >= 0.3 is 0 Å². The smallest absolute Gasteiger partial charge is 0.234 e. The highest BCUT2D eigenvalue weighted by molar-refractivity contribution is 5.77. The van der Waals surface area contributed by atoms with Gasteiger partial charge in [0.15, 0.2) is 0 Å². The molecule has 1 aliphatic heterocycles. The Morgan fingerprint density at radius 1 is 1.65 bits per heavy atom. The van der Waals surface area contributed by atoms with Crippen LogP contribution in [0.15, 0.2) is 6.07 Å². The van der Waals surface area contributed by atoms with E-state index in [1.54, 1.807) is 7.11 Å². The van der Waals surface area contributed by atoms with Crippen LogP contribution in [0, 0.1) is 12.8 Å². The van der Waals surface area contributed by atoms with Crippen LogP contribution in [-0.4, -0.2) is 55.6 Å². The number of nitrogens with zero attached hydrogens (tertiary/aromatic N) is 2. The number of anilines is 1. The summed E-state index contributed by atoms with van der Waals surface area (Å²) in [4.78, 5) is 11.5. The first-order chi connectivity index (χ1) is 9.69. The molecule has 7 heteroatoms. The molecular weight excluding hydrogens is 258 g/mol. The van der Waals surface area contributed by atoms with E-state index in [0.29, 0.717) is 25.6 Å². The van der Waals surface area contributed by atoms with Crippen molar-refractivity contribution in [3.8, 4) is 0 Å². The van der Waals surface area contributed by atoms with Gasteiger partial charge in [0.2, 0.25) is 5.91 Å². The van der Waals surface area contributed by atoms with Crippen LogP contribution in [-0.2, 0) is 16.1 Å². The number of methoxy groups -OCH3 is 1. The second-order valence-corrected chi connectivity index (χ2v) is 5.07. The second-order valence-electron chi connectivity index (χ2n) is 5.07. The maximum atomic E-state index is 11.5. The van der Waals surface area contributed by atoms with Gasteiger partial charge in [-0.2, -0.15) is 5.10 Å². The minimum Gasteiger partial charge on any atom is -0.383 e. The molecule has 3 N–H and O–H groups in total. The van der Waals surface area contributed by atoms with Gasteiger partial charge in [0.25, 0.3) is 0 Å². The van der Waals surface area contributed by atoms with E-state index in [1.807, 2.05) is 17.7 Å². The van der Waals surface area contributed by atoms with Crippen LogP contribution in [0.5, 0.6) is 0 Å². The fraction of sp³-hybridized carbons (Fsp3) is 0.692. The van der Waals surface area contributed by atoms with Crippen molar-refractivity contribution in [3.05, 3.63) is 11.8 Å². The van der Waals surface area contributed by atoms with Crippen molar-refractivity contribution in [1.82, 2.24) is 20.4 Å². The van der Waals surface area contributed by atoms with Gasteiger partial charge in [-0.25, -0.2) is 4.68 Å². The Kier molecular flexibility index (Phi) is 5.37. The van der Waals surface area contributed by atoms with Crippen LogP contribution in [0.1, 0.15) is 5.69 Å². The number of amides is 1. The Balaban J connectivity index is 1.65.